The van der Waals surface area contributed by atoms with E-state index in [0.29, 0.717) is 5.82 Å². The predicted octanol–water partition coefficient (Wildman–Crippen LogP) is 1.14. The van der Waals surface area contributed by atoms with E-state index in [4.69, 9.17) is 10.8 Å². The summed E-state index contributed by atoms with van der Waals surface area (Å²) >= 11 is 1.52. The van der Waals surface area contributed by atoms with Crippen LogP contribution in [0.5, 0.6) is 0 Å². The zero-order chi connectivity index (χ0) is 8.97. The van der Waals surface area contributed by atoms with Crippen LogP contribution in [0.2, 0.25) is 0 Å². The molecule has 0 saturated carbocycles. The number of nitrogens with two attached hydrogens (primary N) is 1. The zero-order valence-corrected chi connectivity index (χ0v) is 7.71. The van der Waals surface area contributed by atoms with Crippen LogP contribution in [0.3, 0.4) is 0 Å². The van der Waals surface area contributed by atoms with Crippen LogP contribution in [0.25, 0.3) is 0 Å². The van der Waals surface area contributed by atoms with Gasteiger partial charge in [-0.3, -0.25) is 0 Å². The van der Waals surface area contributed by atoms with Crippen molar-refractivity contribution in [2.24, 2.45) is 0 Å². The van der Waals surface area contributed by atoms with Gasteiger partial charge in [-0.25, -0.2) is 4.98 Å². The van der Waals surface area contributed by atoms with E-state index in [1.54, 1.807) is 6.07 Å². The maximum absolute atomic E-state index is 8.79. The number of rotatable bonds is 3. The summed E-state index contributed by atoms with van der Waals surface area (Å²) < 4.78 is 0. The quantitative estimate of drug-likeness (QED) is 0.691. The molecule has 0 aromatic carbocycles. The van der Waals surface area contributed by atoms with Gasteiger partial charge in [0.05, 0.1) is 11.6 Å². The molecular weight excluding hydrogens is 172 g/mol. The molecule has 0 fully saturated rings. The number of hydrogen-bond acceptors (Lipinski definition) is 4. The molecule has 0 saturated heterocycles. The molecule has 3 N–H and O–H groups in total. The molecule has 0 aliphatic rings. The Balaban J connectivity index is 2.63. The number of aliphatic hydroxyl groups excluding tert-OH is 1. The number of thioether (sulfide) groups is 1. The predicted molar refractivity (Wildman–Crippen MR) is 51.1 cm³/mol. The molecule has 66 valence electrons. The van der Waals surface area contributed by atoms with E-state index in [0.717, 1.165) is 5.03 Å². The Morgan fingerprint density at radius 2 is 2.42 bits per heavy atom. The number of aromatic nitrogens is 1. The summed E-state index contributed by atoms with van der Waals surface area (Å²) in [6, 6.07) is 5.48. The van der Waals surface area contributed by atoms with Crippen LogP contribution in [0.15, 0.2) is 23.2 Å². The van der Waals surface area contributed by atoms with Gasteiger partial charge in [0.2, 0.25) is 0 Å². The molecule has 1 aromatic heterocycles. The Morgan fingerprint density at radius 1 is 1.67 bits per heavy atom. The van der Waals surface area contributed by atoms with Crippen molar-refractivity contribution < 1.29 is 5.11 Å². The van der Waals surface area contributed by atoms with Crippen molar-refractivity contribution in [1.82, 2.24) is 4.98 Å². The third-order valence-electron chi connectivity index (χ3n) is 1.32. The smallest absolute Gasteiger partial charge is 0.124 e. The highest BCUT2D eigenvalue weighted by Crippen LogP contribution is 2.20. The topological polar surface area (TPSA) is 59.1 Å². The Labute approximate surface area is 76.0 Å². The van der Waals surface area contributed by atoms with Crippen molar-refractivity contribution in [2.75, 3.05) is 12.3 Å². The second kappa shape index (κ2) is 4.33. The van der Waals surface area contributed by atoms with Gasteiger partial charge in [-0.05, 0) is 12.1 Å². The molecule has 3 nitrogen and oxygen atoms in total. The molecule has 0 radical (unpaired) electrons. The molecule has 12 heavy (non-hydrogen) atoms. The van der Waals surface area contributed by atoms with Crippen LogP contribution < -0.4 is 5.73 Å². The molecule has 0 aliphatic heterocycles. The van der Waals surface area contributed by atoms with Gasteiger partial charge < -0.3 is 10.8 Å². The van der Waals surface area contributed by atoms with Crippen LogP contribution in [0, 0.1) is 0 Å². The molecule has 0 spiro atoms. The van der Waals surface area contributed by atoms with Gasteiger partial charge in [0, 0.05) is 5.25 Å². The molecule has 1 heterocycles. The monoisotopic (exact) mass is 184 g/mol. The lowest BCUT2D eigenvalue weighted by Crippen LogP contribution is -2.02. The Kier molecular flexibility index (Phi) is 3.37. The van der Waals surface area contributed by atoms with Crippen LogP contribution in [0.1, 0.15) is 6.92 Å². The first-order valence-electron chi connectivity index (χ1n) is 3.72. The van der Waals surface area contributed by atoms with E-state index < -0.39 is 0 Å². The number of nitrogen functional groups attached to an aromatic ring is 1. The third-order valence-corrected chi connectivity index (χ3v) is 2.34. The highest BCUT2D eigenvalue weighted by Gasteiger charge is 2.03. The van der Waals surface area contributed by atoms with Crippen molar-refractivity contribution in [3.8, 4) is 0 Å². The van der Waals surface area contributed by atoms with Gasteiger partial charge >= 0.3 is 0 Å². The van der Waals surface area contributed by atoms with Gasteiger partial charge in [0.1, 0.15) is 5.82 Å². The maximum atomic E-state index is 8.79. The van der Waals surface area contributed by atoms with E-state index in [-0.39, 0.29) is 11.9 Å². The minimum Gasteiger partial charge on any atom is -0.395 e. The molecule has 0 aliphatic carbocycles. The first-order chi connectivity index (χ1) is 5.72. The summed E-state index contributed by atoms with van der Waals surface area (Å²) in [5.74, 6) is 0.519. The van der Waals surface area contributed by atoms with Crippen LogP contribution in [-0.2, 0) is 0 Å². The van der Waals surface area contributed by atoms with Crippen LogP contribution in [0.4, 0.5) is 5.82 Å². The van der Waals surface area contributed by atoms with Crippen molar-refractivity contribution in [2.45, 2.75) is 17.2 Å². The van der Waals surface area contributed by atoms with Gasteiger partial charge in [-0.2, -0.15) is 0 Å². The zero-order valence-electron chi connectivity index (χ0n) is 6.90. The van der Waals surface area contributed by atoms with E-state index in [9.17, 15) is 0 Å². The number of aliphatic hydroxyl groups is 1. The number of hydrogen-bond donors (Lipinski definition) is 2. The standard InChI is InChI=1S/C8H12N2OS/c1-6(5-11)12-8-4-2-3-7(9)10-8/h2-4,6,11H,5H2,1H3,(H2,9,10). The fourth-order valence-electron chi connectivity index (χ4n) is 0.740. The number of pyridine rings is 1. The molecule has 1 aromatic rings. The summed E-state index contributed by atoms with van der Waals surface area (Å²) in [7, 11) is 0. The molecule has 1 unspecified atom stereocenters. The highest BCUT2D eigenvalue weighted by molar-refractivity contribution is 7.99. The van der Waals surface area contributed by atoms with Gasteiger partial charge in [0.15, 0.2) is 0 Å². The average Bonchev–Trinajstić information content (AvgIpc) is 2.04. The summed E-state index contributed by atoms with van der Waals surface area (Å²) in [5.41, 5.74) is 5.49. The van der Waals surface area contributed by atoms with Gasteiger partial charge in [0.25, 0.3) is 0 Å². The first kappa shape index (κ1) is 9.35. The summed E-state index contributed by atoms with van der Waals surface area (Å²) in [6.07, 6.45) is 0. The normalized spacial score (nSPS) is 12.8. The van der Waals surface area contributed by atoms with Crippen molar-refractivity contribution >= 4 is 17.6 Å². The maximum Gasteiger partial charge on any atom is 0.124 e. The molecule has 4 heteroatoms. The number of nitrogens with zero attached hydrogens (tertiary/aromatic N) is 1. The molecule has 0 amide bonds. The molecule has 1 rings (SSSR count). The van der Waals surface area contributed by atoms with Gasteiger partial charge in [-0.1, -0.05) is 13.0 Å². The lowest BCUT2D eigenvalue weighted by Gasteiger charge is -2.06. The summed E-state index contributed by atoms with van der Waals surface area (Å²) in [4.78, 5) is 4.09. The second-order valence-corrected chi connectivity index (χ2v) is 3.97. The minimum atomic E-state index is 0.154. The molecular formula is C8H12N2OS. The largest absolute Gasteiger partial charge is 0.395 e. The fourth-order valence-corrected chi connectivity index (χ4v) is 1.54. The Morgan fingerprint density at radius 3 is 3.00 bits per heavy atom. The van der Waals surface area contributed by atoms with E-state index >= 15 is 0 Å². The lowest BCUT2D eigenvalue weighted by atomic mass is 10.5. The molecule has 0 bridgehead atoms. The van der Waals surface area contributed by atoms with Crippen LogP contribution in [-0.4, -0.2) is 21.9 Å². The first-order valence-corrected chi connectivity index (χ1v) is 4.60. The van der Waals surface area contributed by atoms with Crippen molar-refractivity contribution in [3.63, 3.8) is 0 Å². The fraction of sp³-hybridized carbons (Fsp3) is 0.375. The van der Waals surface area contributed by atoms with Crippen molar-refractivity contribution in [3.05, 3.63) is 18.2 Å². The van der Waals surface area contributed by atoms with Crippen LogP contribution >= 0.6 is 11.8 Å². The average molecular weight is 184 g/mol. The summed E-state index contributed by atoms with van der Waals surface area (Å²) in [6.45, 7) is 2.09. The van der Waals surface area contributed by atoms with E-state index in [2.05, 4.69) is 4.98 Å². The molecule has 1 atom stereocenters. The SMILES string of the molecule is CC(CO)Sc1cccc(N)n1. The number of anilines is 1. The Hall–Kier alpha value is -0.740. The summed E-state index contributed by atoms with van der Waals surface area (Å²) in [5, 5.41) is 9.81. The minimum absolute atomic E-state index is 0.154. The van der Waals surface area contributed by atoms with Crippen molar-refractivity contribution in [1.29, 1.82) is 0 Å². The third kappa shape index (κ3) is 2.71. The second-order valence-electron chi connectivity index (χ2n) is 2.51. The van der Waals surface area contributed by atoms with E-state index in [1.807, 2.05) is 19.1 Å². The highest BCUT2D eigenvalue weighted by atomic mass is 32.2. The van der Waals surface area contributed by atoms with E-state index in [1.165, 1.54) is 11.8 Å². The Bertz CT molecular complexity index is 255. The lowest BCUT2D eigenvalue weighted by molar-refractivity contribution is 0.300. The van der Waals surface area contributed by atoms with Gasteiger partial charge in [-0.15, -0.1) is 11.8 Å².